The Morgan fingerprint density at radius 1 is 1.35 bits per heavy atom. The molecular formula is C14H30N2O. The third kappa shape index (κ3) is 5.84. The van der Waals surface area contributed by atoms with Gasteiger partial charge >= 0.3 is 0 Å². The molecule has 1 fully saturated rings. The van der Waals surface area contributed by atoms with E-state index in [-0.39, 0.29) is 12.1 Å². The summed E-state index contributed by atoms with van der Waals surface area (Å²) in [5, 5.41) is 13.0. The monoisotopic (exact) mass is 242 g/mol. The Balaban J connectivity index is 2.27. The number of aliphatic hydroxyl groups excluding tert-OH is 1. The summed E-state index contributed by atoms with van der Waals surface area (Å²) in [7, 11) is 0. The van der Waals surface area contributed by atoms with Crippen LogP contribution in [0, 0.1) is 5.92 Å². The van der Waals surface area contributed by atoms with Gasteiger partial charge in [0.1, 0.15) is 0 Å². The molecule has 0 heterocycles. The van der Waals surface area contributed by atoms with E-state index in [0.717, 1.165) is 38.4 Å². The molecule has 3 heteroatoms. The Kier molecular flexibility index (Phi) is 6.45. The third-order valence-corrected chi connectivity index (χ3v) is 3.79. The number of hydrogen-bond donors (Lipinski definition) is 2. The molecule has 0 saturated heterocycles. The topological polar surface area (TPSA) is 35.5 Å². The first-order valence-corrected chi connectivity index (χ1v) is 7.21. The van der Waals surface area contributed by atoms with Gasteiger partial charge in [-0.25, -0.2) is 0 Å². The van der Waals surface area contributed by atoms with Crippen molar-refractivity contribution in [2.75, 3.05) is 32.8 Å². The van der Waals surface area contributed by atoms with Crippen molar-refractivity contribution in [1.82, 2.24) is 10.2 Å². The first-order chi connectivity index (χ1) is 8.13. The minimum absolute atomic E-state index is 0.104. The van der Waals surface area contributed by atoms with Gasteiger partial charge in [0.05, 0.1) is 6.61 Å². The average Bonchev–Trinajstić information content (AvgIpc) is 3.15. The lowest BCUT2D eigenvalue weighted by Gasteiger charge is -2.32. The summed E-state index contributed by atoms with van der Waals surface area (Å²) in [5.41, 5.74) is -0.104. The van der Waals surface area contributed by atoms with E-state index in [1.807, 2.05) is 0 Å². The zero-order valence-corrected chi connectivity index (χ0v) is 11.8. The van der Waals surface area contributed by atoms with E-state index in [1.165, 1.54) is 19.4 Å². The third-order valence-electron chi connectivity index (χ3n) is 3.79. The van der Waals surface area contributed by atoms with E-state index in [9.17, 15) is 5.11 Å². The van der Waals surface area contributed by atoms with Crippen LogP contribution in [-0.4, -0.2) is 48.3 Å². The summed E-state index contributed by atoms with van der Waals surface area (Å²) in [6.45, 7) is 11.2. The van der Waals surface area contributed by atoms with Crippen molar-refractivity contribution >= 4 is 0 Å². The number of aliphatic hydroxyl groups is 1. The SMILES string of the molecule is CCCNC(C)(CO)CCN(CC)CC1CC1. The lowest BCUT2D eigenvalue weighted by atomic mass is 9.98. The Labute approximate surface area is 107 Å². The van der Waals surface area contributed by atoms with E-state index in [2.05, 4.69) is 31.0 Å². The van der Waals surface area contributed by atoms with Gasteiger partial charge in [0, 0.05) is 12.1 Å². The summed E-state index contributed by atoms with van der Waals surface area (Å²) in [5.74, 6) is 0.957. The second-order valence-electron chi connectivity index (χ2n) is 5.73. The van der Waals surface area contributed by atoms with E-state index in [0.29, 0.717) is 0 Å². The van der Waals surface area contributed by atoms with Crippen molar-refractivity contribution in [3.63, 3.8) is 0 Å². The minimum Gasteiger partial charge on any atom is -0.394 e. The maximum Gasteiger partial charge on any atom is 0.0611 e. The normalized spacial score (nSPS) is 19.6. The largest absolute Gasteiger partial charge is 0.394 e. The van der Waals surface area contributed by atoms with Crippen LogP contribution in [0.1, 0.15) is 46.5 Å². The molecule has 1 atom stereocenters. The van der Waals surface area contributed by atoms with Gasteiger partial charge < -0.3 is 15.3 Å². The Morgan fingerprint density at radius 3 is 2.53 bits per heavy atom. The first-order valence-electron chi connectivity index (χ1n) is 7.21. The van der Waals surface area contributed by atoms with Gasteiger partial charge in [-0.2, -0.15) is 0 Å². The number of rotatable bonds is 10. The molecule has 102 valence electrons. The molecule has 0 bridgehead atoms. The van der Waals surface area contributed by atoms with E-state index >= 15 is 0 Å². The van der Waals surface area contributed by atoms with Crippen LogP contribution in [-0.2, 0) is 0 Å². The smallest absolute Gasteiger partial charge is 0.0611 e. The Hall–Kier alpha value is -0.120. The number of hydrogen-bond acceptors (Lipinski definition) is 3. The van der Waals surface area contributed by atoms with E-state index in [1.54, 1.807) is 0 Å². The second kappa shape index (κ2) is 7.34. The number of nitrogens with one attached hydrogen (secondary N) is 1. The Bertz CT molecular complexity index is 206. The van der Waals surface area contributed by atoms with Crippen LogP contribution < -0.4 is 5.32 Å². The molecule has 0 aromatic rings. The van der Waals surface area contributed by atoms with Gasteiger partial charge in [0.2, 0.25) is 0 Å². The van der Waals surface area contributed by atoms with Gasteiger partial charge in [-0.1, -0.05) is 13.8 Å². The molecule has 1 aliphatic carbocycles. The summed E-state index contributed by atoms with van der Waals surface area (Å²) in [6.07, 6.45) is 4.99. The van der Waals surface area contributed by atoms with E-state index < -0.39 is 0 Å². The zero-order valence-electron chi connectivity index (χ0n) is 11.8. The van der Waals surface area contributed by atoms with Crippen LogP contribution in [0.2, 0.25) is 0 Å². The zero-order chi connectivity index (χ0) is 12.7. The molecule has 1 unspecified atom stereocenters. The number of nitrogens with zero attached hydrogens (tertiary/aromatic N) is 1. The standard InChI is InChI=1S/C14H30N2O/c1-4-9-15-14(3,12-17)8-10-16(5-2)11-13-6-7-13/h13,15,17H,4-12H2,1-3H3. The lowest BCUT2D eigenvalue weighted by molar-refractivity contribution is 0.145. The van der Waals surface area contributed by atoms with Crippen LogP contribution in [0.25, 0.3) is 0 Å². The van der Waals surface area contributed by atoms with Crippen molar-refractivity contribution in [2.24, 2.45) is 5.92 Å². The molecule has 2 N–H and O–H groups in total. The highest BCUT2D eigenvalue weighted by atomic mass is 16.3. The van der Waals surface area contributed by atoms with Crippen molar-refractivity contribution in [2.45, 2.75) is 52.0 Å². The maximum atomic E-state index is 9.51. The van der Waals surface area contributed by atoms with Gasteiger partial charge in [-0.3, -0.25) is 0 Å². The predicted molar refractivity (Wildman–Crippen MR) is 73.2 cm³/mol. The van der Waals surface area contributed by atoms with Crippen LogP contribution in [0.4, 0.5) is 0 Å². The van der Waals surface area contributed by atoms with Crippen molar-refractivity contribution in [3.8, 4) is 0 Å². The molecule has 0 amide bonds. The molecule has 1 saturated carbocycles. The highest BCUT2D eigenvalue weighted by Gasteiger charge is 2.26. The van der Waals surface area contributed by atoms with Gasteiger partial charge in [0.25, 0.3) is 0 Å². The molecule has 1 rings (SSSR count). The molecule has 0 spiro atoms. The quantitative estimate of drug-likeness (QED) is 0.614. The maximum absolute atomic E-state index is 9.51. The van der Waals surface area contributed by atoms with Crippen molar-refractivity contribution in [1.29, 1.82) is 0 Å². The molecule has 0 radical (unpaired) electrons. The fourth-order valence-electron chi connectivity index (χ4n) is 2.10. The van der Waals surface area contributed by atoms with Gasteiger partial charge in [0.15, 0.2) is 0 Å². The molecule has 0 aromatic heterocycles. The second-order valence-corrected chi connectivity index (χ2v) is 5.73. The summed E-state index contributed by atoms with van der Waals surface area (Å²) >= 11 is 0. The molecule has 1 aliphatic rings. The summed E-state index contributed by atoms with van der Waals surface area (Å²) in [6, 6.07) is 0. The first kappa shape index (κ1) is 14.9. The van der Waals surface area contributed by atoms with E-state index in [4.69, 9.17) is 0 Å². The highest BCUT2D eigenvalue weighted by molar-refractivity contribution is 4.84. The molecular weight excluding hydrogens is 212 g/mol. The van der Waals surface area contributed by atoms with Gasteiger partial charge in [-0.05, 0) is 58.2 Å². The predicted octanol–water partition coefficient (Wildman–Crippen LogP) is 1.86. The minimum atomic E-state index is -0.104. The van der Waals surface area contributed by atoms with Crippen LogP contribution in [0.15, 0.2) is 0 Å². The molecule has 17 heavy (non-hydrogen) atoms. The Morgan fingerprint density at radius 2 is 2.06 bits per heavy atom. The molecule has 0 aromatic carbocycles. The highest BCUT2D eigenvalue weighted by Crippen LogP contribution is 2.29. The van der Waals surface area contributed by atoms with Crippen LogP contribution >= 0.6 is 0 Å². The van der Waals surface area contributed by atoms with Crippen molar-refractivity contribution in [3.05, 3.63) is 0 Å². The fourth-order valence-corrected chi connectivity index (χ4v) is 2.10. The average molecular weight is 242 g/mol. The van der Waals surface area contributed by atoms with Crippen LogP contribution in [0.5, 0.6) is 0 Å². The lowest BCUT2D eigenvalue weighted by Crippen LogP contribution is -2.48. The molecule has 0 aliphatic heterocycles. The summed E-state index contributed by atoms with van der Waals surface area (Å²) in [4.78, 5) is 2.53. The fraction of sp³-hybridized carbons (Fsp3) is 1.00. The summed E-state index contributed by atoms with van der Waals surface area (Å²) < 4.78 is 0. The van der Waals surface area contributed by atoms with Gasteiger partial charge in [-0.15, -0.1) is 0 Å². The van der Waals surface area contributed by atoms with Crippen molar-refractivity contribution < 1.29 is 5.11 Å². The molecule has 3 nitrogen and oxygen atoms in total. The van der Waals surface area contributed by atoms with Crippen LogP contribution in [0.3, 0.4) is 0 Å².